The highest BCUT2D eigenvalue weighted by Gasteiger charge is 2.13. The second-order valence-electron chi connectivity index (χ2n) is 3.61. The summed E-state index contributed by atoms with van der Waals surface area (Å²) < 4.78 is 0. The van der Waals surface area contributed by atoms with Gasteiger partial charge in [0.05, 0.1) is 0 Å². The molecule has 0 spiro atoms. The van der Waals surface area contributed by atoms with E-state index in [-0.39, 0.29) is 5.91 Å². The molecule has 3 nitrogen and oxygen atoms in total. The Balaban J connectivity index is 2.09. The molecule has 1 fully saturated rings. The molecule has 0 aromatic carbocycles. The van der Waals surface area contributed by atoms with Crippen LogP contribution in [0.5, 0.6) is 0 Å². The lowest BCUT2D eigenvalue weighted by Gasteiger charge is -2.20. The Hall–Kier alpha value is -0.570. The molecule has 1 rings (SSSR count). The lowest BCUT2D eigenvalue weighted by Crippen LogP contribution is -2.30. The van der Waals surface area contributed by atoms with E-state index >= 15 is 0 Å². The van der Waals surface area contributed by atoms with Crippen LogP contribution in [0.3, 0.4) is 0 Å². The second-order valence-corrected chi connectivity index (χ2v) is 3.61. The van der Waals surface area contributed by atoms with Crippen LogP contribution in [0, 0.1) is 5.92 Å². The number of hydrazine groups is 1. The van der Waals surface area contributed by atoms with Crippen LogP contribution in [-0.4, -0.2) is 5.91 Å². The van der Waals surface area contributed by atoms with Crippen molar-refractivity contribution in [3.8, 4) is 0 Å². The van der Waals surface area contributed by atoms with Crippen LogP contribution in [0.2, 0.25) is 0 Å². The second kappa shape index (κ2) is 5.14. The molecule has 0 bridgehead atoms. The maximum atomic E-state index is 10.8. The van der Waals surface area contributed by atoms with Crippen molar-refractivity contribution in [1.29, 1.82) is 0 Å². The molecule has 12 heavy (non-hydrogen) atoms. The molecule has 0 saturated heterocycles. The predicted molar refractivity (Wildman–Crippen MR) is 48.1 cm³/mol. The van der Waals surface area contributed by atoms with Gasteiger partial charge in [-0.15, -0.1) is 0 Å². The van der Waals surface area contributed by atoms with Crippen molar-refractivity contribution in [2.45, 2.75) is 44.9 Å². The number of rotatable bonds is 3. The molecule has 1 aliphatic carbocycles. The molecule has 1 aliphatic rings. The van der Waals surface area contributed by atoms with E-state index < -0.39 is 0 Å². The molecule has 70 valence electrons. The molecule has 0 aromatic rings. The van der Waals surface area contributed by atoms with Crippen molar-refractivity contribution in [2.75, 3.05) is 0 Å². The van der Waals surface area contributed by atoms with Gasteiger partial charge in [0, 0.05) is 6.42 Å². The fraction of sp³-hybridized carbons (Fsp3) is 0.889. The van der Waals surface area contributed by atoms with E-state index in [4.69, 9.17) is 5.84 Å². The number of nitrogens with one attached hydrogen (secondary N) is 1. The first kappa shape index (κ1) is 9.52. The summed E-state index contributed by atoms with van der Waals surface area (Å²) in [7, 11) is 0. The normalized spacial score (nSPS) is 19.1. The SMILES string of the molecule is NNC(=O)CCC1CCCCC1. The minimum atomic E-state index is -0.0272. The zero-order valence-corrected chi connectivity index (χ0v) is 7.51. The van der Waals surface area contributed by atoms with Crippen LogP contribution in [0.4, 0.5) is 0 Å². The van der Waals surface area contributed by atoms with E-state index in [0.717, 1.165) is 12.3 Å². The van der Waals surface area contributed by atoms with Gasteiger partial charge in [0.1, 0.15) is 0 Å². The molecule has 0 unspecified atom stereocenters. The first-order valence-corrected chi connectivity index (χ1v) is 4.82. The topological polar surface area (TPSA) is 55.1 Å². The number of carbonyl (C=O) groups excluding carboxylic acids is 1. The van der Waals surface area contributed by atoms with E-state index in [9.17, 15) is 4.79 Å². The number of nitrogens with two attached hydrogens (primary N) is 1. The first-order chi connectivity index (χ1) is 5.83. The fourth-order valence-electron chi connectivity index (χ4n) is 1.88. The van der Waals surface area contributed by atoms with Gasteiger partial charge in [-0.2, -0.15) is 0 Å². The summed E-state index contributed by atoms with van der Waals surface area (Å²) in [5.74, 6) is 5.73. The minimum absolute atomic E-state index is 0.0272. The van der Waals surface area contributed by atoms with Gasteiger partial charge >= 0.3 is 0 Å². The van der Waals surface area contributed by atoms with Crippen molar-refractivity contribution < 1.29 is 4.79 Å². The smallest absolute Gasteiger partial charge is 0.233 e. The van der Waals surface area contributed by atoms with Crippen LogP contribution in [-0.2, 0) is 4.79 Å². The maximum Gasteiger partial charge on any atom is 0.233 e. The van der Waals surface area contributed by atoms with Gasteiger partial charge in [-0.05, 0) is 12.3 Å². The molecule has 3 N–H and O–H groups in total. The number of carbonyl (C=O) groups is 1. The fourth-order valence-corrected chi connectivity index (χ4v) is 1.88. The molecular formula is C9H18N2O. The van der Waals surface area contributed by atoms with Gasteiger partial charge in [0.25, 0.3) is 0 Å². The summed E-state index contributed by atoms with van der Waals surface area (Å²) in [5.41, 5.74) is 2.17. The van der Waals surface area contributed by atoms with Crippen molar-refractivity contribution >= 4 is 5.91 Å². The molecule has 0 radical (unpaired) electrons. The quantitative estimate of drug-likeness (QED) is 0.381. The average molecular weight is 170 g/mol. The monoisotopic (exact) mass is 170 g/mol. The van der Waals surface area contributed by atoms with Gasteiger partial charge in [-0.3, -0.25) is 10.2 Å². The van der Waals surface area contributed by atoms with E-state index in [1.807, 2.05) is 0 Å². The number of hydrogen-bond donors (Lipinski definition) is 2. The highest BCUT2D eigenvalue weighted by atomic mass is 16.2. The Bertz CT molecular complexity index is 141. The van der Waals surface area contributed by atoms with Gasteiger partial charge in [0.2, 0.25) is 5.91 Å². The van der Waals surface area contributed by atoms with E-state index in [0.29, 0.717) is 6.42 Å². The van der Waals surface area contributed by atoms with E-state index in [1.165, 1.54) is 32.1 Å². The lowest BCUT2D eigenvalue weighted by molar-refractivity contribution is -0.121. The number of amides is 1. The van der Waals surface area contributed by atoms with Crippen molar-refractivity contribution in [3.63, 3.8) is 0 Å². The predicted octanol–water partition coefficient (Wildman–Crippen LogP) is 1.34. The lowest BCUT2D eigenvalue weighted by atomic mass is 9.86. The van der Waals surface area contributed by atoms with Gasteiger partial charge in [0.15, 0.2) is 0 Å². The third-order valence-electron chi connectivity index (χ3n) is 2.67. The summed E-state index contributed by atoms with van der Waals surface area (Å²) >= 11 is 0. The maximum absolute atomic E-state index is 10.8. The Morgan fingerprint density at radius 3 is 2.58 bits per heavy atom. The molecule has 0 heterocycles. The Kier molecular flexibility index (Phi) is 4.08. The minimum Gasteiger partial charge on any atom is -0.294 e. The zero-order valence-electron chi connectivity index (χ0n) is 7.51. The summed E-state index contributed by atoms with van der Waals surface area (Å²) in [6.07, 6.45) is 8.28. The molecular weight excluding hydrogens is 152 g/mol. The largest absolute Gasteiger partial charge is 0.294 e. The van der Waals surface area contributed by atoms with Crippen LogP contribution in [0.25, 0.3) is 0 Å². The van der Waals surface area contributed by atoms with Crippen LogP contribution in [0.1, 0.15) is 44.9 Å². The Morgan fingerprint density at radius 1 is 1.33 bits per heavy atom. The number of hydrogen-bond acceptors (Lipinski definition) is 2. The van der Waals surface area contributed by atoms with Crippen molar-refractivity contribution in [2.24, 2.45) is 11.8 Å². The third-order valence-corrected chi connectivity index (χ3v) is 2.67. The highest BCUT2D eigenvalue weighted by molar-refractivity contribution is 5.75. The highest BCUT2D eigenvalue weighted by Crippen LogP contribution is 2.26. The van der Waals surface area contributed by atoms with Gasteiger partial charge in [-0.1, -0.05) is 32.1 Å². The molecule has 1 amide bonds. The third kappa shape index (κ3) is 3.22. The van der Waals surface area contributed by atoms with E-state index in [1.54, 1.807) is 0 Å². The summed E-state index contributed by atoms with van der Waals surface area (Å²) in [6.45, 7) is 0. The van der Waals surface area contributed by atoms with Crippen molar-refractivity contribution in [1.82, 2.24) is 5.43 Å². The van der Waals surface area contributed by atoms with Crippen molar-refractivity contribution in [3.05, 3.63) is 0 Å². The van der Waals surface area contributed by atoms with E-state index in [2.05, 4.69) is 5.43 Å². The molecule has 1 saturated carbocycles. The van der Waals surface area contributed by atoms with Crippen LogP contribution >= 0.6 is 0 Å². The Labute approximate surface area is 73.7 Å². The van der Waals surface area contributed by atoms with Crippen LogP contribution < -0.4 is 11.3 Å². The van der Waals surface area contributed by atoms with Gasteiger partial charge < -0.3 is 0 Å². The standard InChI is InChI=1S/C9H18N2O/c10-11-9(12)7-6-8-4-2-1-3-5-8/h8H,1-7,10H2,(H,11,12). The molecule has 3 heteroatoms. The van der Waals surface area contributed by atoms with Crippen LogP contribution in [0.15, 0.2) is 0 Å². The molecule has 0 aliphatic heterocycles. The zero-order chi connectivity index (χ0) is 8.81. The summed E-state index contributed by atoms with van der Waals surface area (Å²) in [6, 6.07) is 0. The van der Waals surface area contributed by atoms with Gasteiger partial charge in [-0.25, -0.2) is 5.84 Å². The first-order valence-electron chi connectivity index (χ1n) is 4.82. The summed E-state index contributed by atoms with van der Waals surface area (Å²) in [4.78, 5) is 10.8. The average Bonchev–Trinajstić information content (AvgIpc) is 2.16. The molecule has 0 atom stereocenters. The Morgan fingerprint density at radius 2 is 2.00 bits per heavy atom. The molecule has 0 aromatic heterocycles. The summed E-state index contributed by atoms with van der Waals surface area (Å²) in [5, 5.41) is 0.